The quantitative estimate of drug-likeness (QED) is 0.912. The van der Waals surface area contributed by atoms with Gasteiger partial charge in [-0.2, -0.15) is 0 Å². The smallest absolute Gasteiger partial charge is 0.185 e. The second kappa shape index (κ2) is 5.85. The summed E-state index contributed by atoms with van der Waals surface area (Å²) in [4.78, 5) is 8.28. The highest BCUT2D eigenvalue weighted by atomic mass is 32.2. The Balaban J connectivity index is 1.81. The van der Waals surface area contributed by atoms with E-state index in [9.17, 15) is 8.42 Å². The van der Waals surface area contributed by atoms with Gasteiger partial charge in [-0.05, 0) is 32.2 Å². The lowest BCUT2D eigenvalue weighted by atomic mass is 9.98. The second-order valence-electron chi connectivity index (χ2n) is 5.98. The van der Waals surface area contributed by atoms with Crippen molar-refractivity contribution in [3.05, 3.63) is 10.6 Å². The SMILES string of the molecule is CCNC1CCCc2sc(N(C)C3CCS(=O)(=O)C3)nc21. The van der Waals surface area contributed by atoms with Crippen LogP contribution < -0.4 is 10.2 Å². The average Bonchev–Trinajstić information content (AvgIpc) is 3.02. The molecule has 0 radical (unpaired) electrons. The first kappa shape index (κ1) is 15.2. The Bertz CT molecular complexity index is 612. The summed E-state index contributed by atoms with van der Waals surface area (Å²) in [6.07, 6.45) is 4.17. The lowest BCUT2D eigenvalue weighted by Crippen LogP contribution is -2.32. The van der Waals surface area contributed by atoms with Crippen molar-refractivity contribution in [1.29, 1.82) is 0 Å². The van der Waals surface area contributed by atoms with Gasteiger partial charge in [-0.1, -0.05) is 6.92 Å². The van der Waals surface area contributed by atoms with Gasteiger partial charge < -0.3 is 10.2 Å². The second-order valence-corrected chi connectivity index (χ2v) is 9.27. The molecule has 0 aromatic carbocycles. The van der Waals surface area contributed by atoms with Crippen LogP contribution in [0.1, 0.15) is 42.8 Å². The third-order valence-electron chi connectivity index (χ3n) is 4.45. The summed E-state index contributed by atoms with van der Waals surface area (Å²) in [6, 6.07) is 0.449. The zero-order valence-corrected chi connectivity index (χ0v) is 14.3. The highest BCUT2D eigenvalue weighted by Crippen LogP contribution is 2.37. The van der Waals surface area contributed by atoms with Crippen molar-refractivity contribution < 1.29 is 8.42 Å². The maximum Gasteiger partial charge on any atom is 0.185 e. The molecular formula is C14H23N3O2S2. The Labute approximate surface area is 130 Å². The van der Waals surface area contributed by atoms with E-state index < -0.39 is 9.84 Å². The standard InChI is InChI=1S/C14H23N3O2S2/c1-3-15-11-5-4-6-12-13(11)16-14(20-12)17(2)10-7-8-21(18,19)9-10/h10-11,15H,3-9H2,1-2H3. The monoisotopic (exact) mass is 329 g/mol. The number of hydrogen-bond acceptors (Lipinski definition) is 6. The Hall–Kier alpha value is -0.660. The van der Waals surface area contributed by atoms with Crippen molar-refractivity contribution >= 4 is 26.3 Å². The molecule has 0 amide bonds. The van der Waals surface area contributed by atoms with Crippen molar-refractivity contribution in [3.8, 4) is 0 Å². The lowest BCUT2D eigenvalue weighted by molar-refractivity contribution is 0.465. The number of aryl methyl sites for hydroxylation is 1. The van der Waals surface area contributed by atoms with Crippen molar-refractivity contribution in [2.75, 3.05) is 30.0 Å². The van der Waals surface area contributed by atoms with Gasteiger partial charge in [0.25, 0.3) is 0 Å². The minimum atomic E-state index is -2.85. The minimum Gasteiger partial charge on any atom is -0.347 e. The van der Waals surface area contributed by atoms with Crippen molar-refractivity contribution in [2.24, 2.45) is 0 Å². The van der Waals surface area contributed by atoms with Gasteiger partial charge in [0, 0.05) is 18.0 Å². The van der Waals surface area contributed by atoms with Crippen LogP contribution in [0.4, 0.5) is 5.13 Å². The van der Waals surface area contributed by atoms with Crippen LogP contribution in [0.3, 0.4) is 0 Å². The average molecular weight is 329 g/mol. The third-order valence-corrected chi connectivity index (χ3v) is 7.42. The molecule has 0 bridgehead atoms. The maximum absolute atomic E-state index is 11.7. The molecule has 1 saturated heterocycles. The number of nitrogens with zero attached hydrogens (tertiary/aromatic N) is 2. The van der Waals surface area contributed by atoms with Crippen molar-refractivity contribution in [1.82, 2.24) is 10.3 Å². The normalized spacial score (nSPS) is 27.5. The van der Waals surface area contributed by atoms with E-state index in [4.69, 9.17) is 4.98 Å². The fourth-order valence-corrected chi connectivity index (χ4v) is 6.21. The first-order chi connectivity index (χ1) is 10.00. The molecule has 0 saturated carbocycles. The number of hydrogen-bond donors (Lipinski definition) is 1. The molecule has 7 heteroatoms. The molecular weight excluding hydrogens is 306 g/mol. The van der Waals surface area contributed by atoms with Crippen LogP contribution in [0.15, 0.2) is 0 Å². The van der Waals surface area contributed by atoms with Gasteiger partial charge in [0.15, 0.2) is 15.0 Å². The number of sulfone groups is 1. The van der Waals surface area contributed by atoms with Gasteiger partial charge in [0.2, 0.25) is 0 Å². The van der Waals surface area contributed by atoms with E-state index in [1.807, 2.05) is 7.05 Å². The van der Waals surface area contributed by atoms with Crippen LogP contribution in [0, 0.1) is 0 Å². The van der Waals surface area contributed by atoms with Gasteiger partial charge in [-0.25, -0.2) is 13.4 Å². The first-order valence-corrected chi connectivity index (χ1v) is 10.3. The Morgan fingerprint density at radius 1 is 1.43 bits per heavy atom. The molecule has 1 N–H and O–H groups in total. The Morgan fingerprint density at radius 3 is 2.90 bits per heavy atom. The zero-order valence-electron chi connectivity index (χ0n) is 12.6. The third kappa shape index (κ3) is 3.10. The molecule has 2 heterocycles. The van der Waals surface area contributed by atoms with Gasteiger partial charge in [0.1, 0.15) is 0 Å². The molecule has 1 aliphatic carbocycles. The Morgan fingerprint density at radius 2 is 2.24 bits per heavy atom. The van der Waals surface area contributed by atoms with Gasteiger partial charge in [-0.3, -0.25) is 0 Å². The molecule has 1 aromatic rings. The highest BCUT2D eigenvalue weighted by molar-refractivity contribution is 7.91. The van der Waals surface area contributed by atoms with Crippen LogP contribution in [-0.2, 0) is 16.3 Å². The molecule has 3 rings (SSSR count). The van der Waals surface area contributed by atoms with Crippen molar-refractivity contribution in [2.45, 2.75) is 44.7 Å². The molecule has 1 aromatic heterocycles. The Kier molecular flexibility index (Phi) is 4.25. The molecule has 118 valence electrons. The number of nitrogens with one attached hydrogen (secondary N) is 1. The summed E-state index contributed by atoms with van der Waals surface area (Å²) >= 11 is 1.74. The molecule has 2 unspecified atom stereocenters. The predicted octanol–water partition coefficient (Wildman–Crippen LogP) is 1.75. The van der Waals surface area contributed by atoms with Crippen LogP contribution in [0.2, 0.25) is 0 Å². The van der Waals surface area contributed by atoms with Gasteiger partial charge >= 0.3 is 0 Å². The molecule has 5 nitrogen and oxygen atoms in total. The maximum atomic E-state index is 11.7. The summed E-state index contributed by atoms with van der Waals surface area (Å²) in [5.41, 5.74) is 1.19. The number of fused-ring (bicyclic) bond motifs is 1. The van der Waals surface area contributed by atoms with E-state index in [1.54, 1.807) is 11.3 Å². The fourth-order valence-electron chi connectivity index (χ4n) is 3.24. The highest BCUT2D eigenvalue weighted by Gasteiger charge is 2.33. The number of anilines is 1. The molecule has 2 aliphatic rings. The van der Waals surface area contributed by atoms with E-state index in [2.05, 4.69) is 17.1 Å². The lowest BCUT2D eigenvalue weighted by Gasteiger charge is -2.22. The van der Waals surface area contributed by atoms with Gasteiger partial charge in [-0.15, -0.1) is 11.3 Å². The summed E-state index contributed by atoms with van der Waals surface area (Å²) < 4.78 is 23.3. The van der Waals surface area contributed by atoms with Crippen LogP contribution in [0.5, 0.6) is 0 Å². The molecule has 2 atom stereocenters. The predicted molar refractivity (Wildman–Crippen MR) is 86.9 cm³/mol. The number of rotatable bonds is 4. The van der Waals surface area contributed by atoms with E-state index in [1.165, 1.54) is 17.0 Å². The molecule has 1 aliphatic heterocycles. The zero-order chi connectivity index (χ0) is 15.0. The fraction of sp³-hybridized carbons (Fsp3) is 0.786. The summed E-state index contributed by atoms with van der Waals surface area (Å²) in [7, 11) is -0.863. The number of thiazole rings is 1. The topological polar surface area (TPSA) is 62.3 Å². The number of aromatic nitrogens is 1. The van der Waals surface area contributed by atoms with Crippen molar-refractivity contribution in [3.63, 3.8) is 0 Å². The van der Waals surface area contributed by atoms with E-state index >= 15 is 0 Å². The van der Waals surface area contributed by atoms with E-state index in [0.29, 0.717) is 11.8 Å². The minimum absolute atomic E-state index is 0.0835. The summed E-state index contributed by atoms with van der Waals surface area (Å²) in [5.74, 6) is 0.581. The summed E-state index contributed by atoms with van der Waals surface area (Å²) in [5, 5.41) is 4.48. The molecule has 0 spiro atoms. The van der Waals surface area contributed by atoms with Crippen LogP contribution >= 0.6 is 11.3 Å². The van der Waals surface area contributed by atoms with E-state index in [-0.39, 0.29) is 11.8 Å². The van der Waals surface area contributed by atoms with Crippen LogP contribution in [0.25, 0.3) is 0 Å². The summed E-state index contributed by atoms with van der Waals surface area (Å²) in [6.45, 7) is 3.07. The van der Waals surface area contributed by atoms with Gasteiger partial charge in [0.05, 0.1) is 23.2 Å². The molecule has 1 fully saturated rings. The molecule has 21 heavy (non-hydrogen) atoms. The largest absolute Gasteiger partial charge is 0.347 e. The van der Waals surface area contributed by atoms with E-state index in [0.717, 1.165) is 30.9 Å². The van der Waals surface area contributed by atoms with Crippen LogP contribution in [-0.4, -0.2) is 44.5 Å². The first-order valence-electron chi connectivity index (χ1n) is 7.66.